The predicted molar refractivity (Wildman–Crippen MR) is 74.6 cm³/mol. The van der Waals surface area contributed by atoms with Crippen LogP contribution in [0.1, 0.15) is 16.1 Å². The van der Waals surface area contributed by atoms with Gasteiger partial charge in [0, 0.05) is 11.8 Å². The maximum atomic E-state index is 12.0. The van der Waals surface area contributed by atoms with Crippen molar-refractivity contribution in [2.24, 2.45) is 0 Å². The number of thiazole rings is 1. The van der Waals surface area contributed by atoms with E-state index in [0.29, 0.717) is 23.3 Å². The first kappa shape index (κ1) is 13.7. The lowest BCUT2D eigenvalue weighted by Gasteiger charge is -2.12. The molecule has 0 saturated heterocycles. The summed E-state index contributed by atoms with van der Waals surface area (Å²) in [5, 5.41) is 4.84. The summed E-state index contributed by atoms with van der Waals surface area (Å²) >= 11 is 7.38. The highest BCUT2D eigenvalue weighted by molar-refractivity contribution is 7.07. The van der Waals surface area contributed by atoms with Crippen LogP contribution >= 0.6 is 22.9 Å². The minimum atomic E-state index is -0.606. The first-order chi connectivity index (χ1) is 9.20. The van der Waals surface area contributed by atoms with Gasteiger partial charge in [-0.25, -0.2) is 4.98 Å². The van der Waals surface area contributed by atoms with E-state index in [2.05, 4.69) is 10.3 Å². The average molecular weight is 295 g/mol. The third-order valence-electron chi connectivity index (χ3n) is 2.51. The second-order valence-electron chi connectivity index (χ2n) is 3.88. The summed E-state index contributed by atoms with van der Waals surface area (Å²) in [6.07, 6.45) is 1.08. The van der Waals surface area contributed by atoms with Gasteiger partial charge in [-0.05, 0) is 12.1 Å². The summed E-state index contributed by atoms with van der Waals surface area (Å²) in [5.74, 6) is -0.363. The second-order valence-corrected chi connectivity index (χ2v) is 5.01. The van der Waals surface area contributed by atoms with Gasteiger partial charge < -0.3 is 10.1 Å². The smallest absolute Gasteiger partial charge is 0.253 e. The molecule has 0 unspecified atom stereocenters. The first-order valence-corrected chi connectivity index (χ1v) is 6.90. The molecular formula is C13H11ClN2O2S. The van der Waals surface area contributed by atoms with E-state index in [0.717, 1.165) is 5.69 Å². The van der Waals surface area contributed by atoms with Gasteiger partial charge in [-0.15, -0.1) is 11.3 Å². The highest BCUT2D eigenvalue weighted by Gasteiger charge is 2.16. The standard InChI is InChI=1S/C13H11ClN2O2S/c14-12-4-2-1-3-11(12)13(18)16-9(6-17)5-10-7-19-8-15-10/h1-4,6-9H,5H2,(H,16,18)/t9-/m0/s1. The Morgan fingerprint density at radius 2 is 2.26 bits per heavy atom. The van der Waals surface area contributed by atoms with Crippen LogP contribution < -0.4 is 5.32 Å². The summed E-state index contributed by atoms with van der Waals surface area (Å²) in [6, 6.07) is 6.10. The molecule has 98 valence electrons. The third-order valence-corrected chi connectivity index (χ3v) is 3.48. The van der Waals surface area contributed by atoms with Gasteiger partial charge in [0.25, 0.3) is 5.91 Å². The maximum absolute atomic E-state index is 12.0. The molecule has 0 fully saturated rings. The number of carbonyl (C=O) groups excluding carboxylic acids is 2. The summed E-state index contributed by atoms with van der Waals surface area (Å²) in [7, 11) is 0. The van der Waals surface area contributed by atoms with Crippen molar-refractivity contribution >= 4 is 35.1 Å². The number of amides is 1. The minimum absolute atomic E-state index is 0.356. The fourth-order valence-electron chi connectivity index (χ4n) is 1.59. The lowest BCUT2D eigenvalue weighted by Crippen LogP contribution is -2.37. The van der Waals surface area contributed by atoms with Crippen LogP contribution in [0.3, 0.4) is 0 Å². The van der Waals surface area contributed by atoms with E-state index in [-0.39, 0.29) is 5.91 Å². The van der Waals surface area contributed by atoms with Crippen LogP contribution in [-0.4, -0.2) is 23.2 Å². The molecule has 1 N–H and O–H groups in total. The Bertz CT molecular complexity index is 572. The van der Waals surface area contributed by atoms with Gasteiger partial charge in [0.15, 0.2) is 0 Å². The molecule has 0 aliphatic heterocycles. The fraction of sp³-hybridized carbons (Fsp3) is 0.154. The maximum Gasteiger partial charge on any atom is 0.253 e. The summed E-state index contributed by atoms with van der Waals surface area (Å²) < 4.78 is 0. The van der Waals surface area contributed by atoms with Crippen molar-refractivity contribution in [2.45, 2.75) is 12.5 Å². The quantitative estimate of drug-likeness (QED) is 0.861. The zero-order chi connectivity index (χ0) is 13.7. The van der Waals surface area contributed by atoms with Gasteiger partial charge in [0.1, 0.15) is 6.29 Å². The van der Waals surface area contributed by atoms with Crippen LogP contribution in [0.15, 0.2) is 35.2 Å². The molecule has 1 aromatic heterocycles. The van der Waals surface area contributed by atoms with Crippen molar-refractivity contribution in [3.05, 3.63) is 51.4 Å². The van der Waals surface area contributed by atoms with Crippen molar-refractivity contribution in [3.8, 4) is 0 Å². The van der Waals surface area contributed by atoms with E-state index in [1.54, 1.807) is 29.8 Å². The number of benzene rings is 1. The largest absolute Gasteiger partial charge is 0.342 e. The second kappa shape index (κ2) is 6.45. The molecule has 2 rings (SSSR count). The van der Waals surface area contributed by atoms with Crippen molar-refractivity contribution in [3.63, 3.8) is 0 Å². The van der Waals surface area contributed by atoms with Crippen LogP contribution in [0.5, 0.6) is 0 Å². The molecule has 0 aliphatic carbocycles. The molecule has 0 spiro atoms. The van der Waals surface area contributed by atoms with Gasteiger partial charge in [0.05, 0.1) is 27.8 Å². The lowest BCUT2D eigenvalue weighted by atomic mass is 10.1. The van der Waals surface area contributed by atoms with E-state index in [1.165, 1.54) is 11.3 Å². The molecule has 4 nitrogen and oxygen atoms in total. The predicted octanol–water partition coefficient (Wildman–Crippen LogP) is 2.34. The number of aromatic nitrogens is 1. The van der Waals surface area contributed by atoms with Crippen LogP contribution in [0, 0.1) is 0 Å². The number of aldehydes is 1. The van der Waals surface area contributed by atoms with Gasteiger partial charge in [-0.2, -0.15) is 0 Å². The SMILES string of the molecule is O=C[C@H](Cc1cscn1)NC(=O)c1ccccc1Cl. The number of rotatable bonds is 5. The Hall–Kier alpha value is -1.72. The molecule has 2 aromatic rings. The number of carbonyl (C=O) groups is 2. The molecule has 0 saturated carbocycles. The van der Waals surface area contributed by atoms with E-state index in [4.69, 9.17) is 11.6 Å². The number of hydrogen-bond donors (Lipinski definition) is 1. The third kappa shape index (κ3) is 3.62. The molecular weight excluding hydrogens is 284 g/mol. The molecule has 1 atom stereocenters. The highest BCUT2D eigenvalue weighted by Crippen LogP contribution is 2.15. The summed E-state index contributed by atoms with van der Waals surface area (Å²) in [4.78, 5) is 27.1. The Morgan fingerprint density at radius 1 is 1.47 bits per heavy atom. The monoisotopic (exact) mass is 294 g/mol. The van der Waals surface area contributed by atoms with Crippen molar-refractivity contribution < 1.29 is 9.59 Å². The van der Waals surface area contributed by atoms with Crippen LogP contribution in [0.4, 0.5) is 0 Å². The van der Waals surface area contributed by atoms with Gasteiger partial charge in [-0.3, -0.25) is 4.79 Å². The zero-order valence-corrected chi connectivity index (χ0v) is 11.4. The van der Waals surface area contributed by atoms with Crippen LogP contribution in [0.25, 0.3) is 0 Å². The summed E-state index contributed by atoms with van der Waals surface area (Å²) in [5.41, 5.74) is 2.82. The molecule has 6 heteroatoms. The first-order valence-electron chi connectivity index (χ1n) is 5.58. The highest BCUT2D eigenvalue weighted by atomic mass is 35.5. The van der Waals surface area contributed by atoms with Crippen LogP contribution in [0.2, 0.25) is 5.02 Å². The van der Waals surface area contributed by atoms with E-state index in [1.807, 2.05) is 5.38 Å². The average Bonchev–Trinajstić information content (AvgIpc) is 2.91. The lowest BCUT2D eigenvalue weighted by molar-refractivity contribution is -0.109. The molecule has 19 heavy (non-hydrogen) atoms. The van der Waals surface area contributed by atoms with Crippen molar-refractivity contribution in [1.82, 2.24) is 10.3 Å². The number of nitrogens with zero attached hydrogens (tertiary/aromatic N) is 1. The van der Waals surface area contributed by atoms with E-state index in [9.17, 15) is 9.59 Å². The van der Waals surface area contributed by atoms with Gasteiger partial charge in [0.2, 0.25) is 0 Å². The normalized spacial score (nSPS) is 11.8. The number of halogens is 1. The molecule has 1 heterocycles. The molecule has 0 aliphatic rings. The number of nitrogens with one attached hydrogen (secondary N) is 1. The van der Waals surface area contributed by atoms with Gasteiger partial charge >= 0.3 is 0 Å². The molecule has 1 amide bonds. The van der Waals surface area contributed by atoms with E-state index >= 15 is 0 Å². The van der Waals surface area contributed by atoms with Crippen LogP contribution in [-0.2, 0) is 11.2 Å². The summed E-state index contributed by atoms with van der Waals surface area (Å²) in [6.45, 7) is 0. The van der Waals surface area contributed by atoms with Crippen molar-refractivity contribution in [2.75, 3.05) is 0 Å². The molecule has 1 aromatic carbocycles. The Labute approximate surface area is 119 Å². The Balaban J connectivity index is 2.04. The number of hydrogen-bond acceptors (Lipinski definition) is 4. The topological polar surface area (TPSA) is 59.1 Å². The van der Waals surface area contributed by atoms with Crippen molar-refractivity contribution in [1.29, 1.82) is 0 Å². The molecule has 0 bridgehead atoms. The Morgan fingerprint density at radius 3 is 2.89 bits per heavy atom. The van der Waals surface area contributed by atoms with E-state index < -0.39 is 6.04 Å². The zero-order valence-electron chi connectivity index (χ0n) is 9.88. The Kier molecular flexibility index (Phi) is 4.65. The minimum Gasteiger partial charge on any atom is -0.342 e. The molecule has 0 radical (unpaired) electrons. The fourth-order valence-corrected chi connectivity index (χ4v) is 2.38. The van der Waals surface area contributed by atoms with Gasteiger partial charge in [-0.1, -0.05) is 23.7 Å².